The average molecular weight is 507 g/mol. The van der Waals surface area contributed by atoms with Crippen molar-refractivity contribution in [3.8, 4) is 11.8 Å². The molecule has 2 aromatic heterocycles. The predicted octanol–water partition coefficient (Wildman–Crippen LogP) is 5.76. The predicted molar refractivity (Wildman–Crippen MR) is 135 cm³/mol. The first-order chi connectivity index (χ1) is 17.5. The first-order valence-corrected chi connectivity index (χ1v) is 12.3. The fourth-order valence-electron chi connectivity index (χ4n) is 5.81. The standard InChI is InChI=1S/C28H28F2N4O3/c1-15-12-18(4-5-19(15)29)34-20-13-17-14-32-33-24(17)23(30)22(20)21(25(34)27(2,3)10-11-31)16-6-8-28(37,9-7-16)26(35)36/h4-5,12-14,16,37H,6-10H2,1-3H3,(H,32,33)(H,35,36). The van der Waals surface area contributed by atoms with Crippen molar-refractivity contribution in [3.05, 3.63) is 58.9 Å². The van der Waals surface area contributed by atoms with Crippen LogP contribution in [0, 0.1) is 29.9 Å². The highest BCUT2D eigenvalue weighted by atomic mass is 19.1. The number of hydrogen-bond acceptors (Lipinski definition) is 4. The number of nitrogens with zero attached hydrogens (tertiary/aromatic N) is 3. The Morgan fingerprint density at radius 3 is 2.62 bits per heavy atom. The molecule has 0 aliphatic heterocycles. The molecule has 1 aliphatic rings. The molecule has 4 aromatic rings. The Bertz CT molecular complexity index is 1590. The number of carbonyl (C=O) groups is 1. The lowest BCUT2D eigenvalue weighted by Crippen LogP contribution is -2.41. The van der Waals surface area contributed by atoms with E-state index in [0.717, 1.165) is 5.69 Å². The third-order valence-electron chi connectivity index (χ3n) is 7.83. The van der Waals surface area contributed by atoms with Crippen LogP contribution in [0.3, 0.4) is 0 Å². The van der Waals surface area contributed by atoms with Gasteiger partial charge in [0.1, 0.15) is 11.3 Å². The van der Waals surface area contributed by atoms with E-state index in [9.17, 15) is 24.7 Å². The number of aryl methyl sites for hydroxylation is 1. The van der Waals surface area contributed by atoms with Gasteiger partial charge >= 0.3 is 5.97 Å². The quantitative estimate of drug-likeness (QED) is 0.318. The molecular formula is C28H28F2N4O3. The van der Waals surface area contributed by atoms with E-state index in [2.05, 4.69) is 16.3 Å². The van der Waals surface area contributed by atoms with Crippen LogP contribution in [0.15, 0.2) is 30.5 Å². The number of rotatable bonds is 5. The molecular weight excluding hydrogens is 478 g/mol. The topological polar surface area (TPSA) is 115 Å². The Morgan fingerprint density at radius 2 is 2.00 bits per heavy atom. The van der Waals surface area contributed by atoms with Gasteiger partial charge in [-0.3, -0.25) is 5.10 Å². The van der Waals surface area contributed by atoms with Gasteiger partial charge < -0.3 is 14.8 Å². The second kappa shape index (κ2) is 8.67. The monoisotopic (exact) mass is 506 g/mol. The molecule has 1 saturated carbocycles. The molecule has 0 unspecified atom stereocenters. The van der Waals surface area contributed by atoms with Crippen molar-refractivity contribution in [1.82, 2.24) is 14.8 Å². The third-order valence-corrected chi connectivity index (χ3v) is 7.83. The lowest BCUT2D eigenvalue weighted by molar-refractivity contribution is -0.162. The summed E-state index contributed by atoms with van der Waals surface area (Å²) in [7, 11) is 0. The first kappa shape index (κ1) is 24.9. The van der Waals surface area contributed by atoms with E-state index in [4.69, 9.17) is 0 Å². The van der Waals surface area contributed by atoms with Gasteiger partial charge in [-0.25, -0.2) is 13.6 Å². The van der Waals surface area contributed by atoms with Crippen LogP contribution >= 0.6 is 0 Å². The zero-order chi connectivity index (χ0) is 26.7. The van der Waals surface area contributed by atoms with Gasteiger partial charge in [-0.2, -0.15) is 10.4 Å². The largest absolute Gasteiger partial charge is 0.479 e. The van der Waals surface area contributed by atoms with Crippen LogP contribution < -0.4 is 0 Å². The molecule has 2 aromatic carbocycles. The van der Waals surface area contributed by atoms with E-state index in [0.29, 0.717) is 45.9 Å². The second-order valence-corrected chi connectivity index (χ2v) is 10.8. The molecule has 37 heavy (non-hydrogen) atoms. The van der Waals surface area contributed by atoms with Gasteiger partial charge in [-0.15, -0.1) is 0 Å². The summed E-state index contributed by atoms with van der Waals surface area (Å²) in [4.78, 5) is 11.7. The zero-order valence-electron chi connectivity index (χ0n) is 20.9. The summed E-state index contributed by atoms with van der Waals surface area (Å²) < 4.78 is 32.4. The Morgan fingerprint density at radius 1 is 1.30 bits per heavy atom. The molecule has 2 heterocycles. The number of aliphatic hydroxyl groups is 1. The van der Waals surface area contributed by atoms with Gasteiger partial charge in [-0.1, -0.05) is 13.8 Å². The van der Waals surface area contributed by atoms with Crippen LogP contribution in [-0.4, -0.2) is 36.5 Å². The van der Waals surface area contributed by atoms with Crippen LogP contribution in [0.4, 0.5) is 8.78 Å². The van der Waals surface area contributed by atoms with Crippen LogP contribution in [0.5, 0.6) is 0 Å². The van der Waals surface area contributed by atoms with Crippen molar-refractivity contribution in [2.45, 2.75) is 69.8 Å². The molecule has 5 rings (SSSR count). The highest BCUT2D eigenvalue weighted by Gasteiger charge is 2.43. The zero-order valence-corrected chi connectivity index (χ0v) is 20.9. The summed E-state index contributed by atoms with van der Waals surface area (Å²) >= 11 is 0. The molecule has 3 N–H and O–H groups in total. The van der Waals surface area contributed by atoms with Gasteiger partial charge in [0.05, 0.1) is 17.8 Å². The highest BCUT2D eigenvalue weighted by molar-refractivity contribution is 6.00. The maximum absolute atomic E-state index is 16.3. The number of aliphatic carboxylic acids is 1. The summed E-state index contributed by atoms with van der Waals surface area (Å²) in [5.74, 6) is -2.36. The Labute approximate surface area is 212 Å². The van der Waals surface area contributed by atoms with Crippen LogP contribution in [0.2, 0.25) is 0 Å². The van der Waals surface area contributed by atoms with Crippen molar-refractivity contribution < 1.29 is 23.8 Å². The lowest BCUT2D eigenvalue weighted by atomic mass is 9.72. The average Bonchev–Trinajstić information content (AvgIpc) is 3.45. The normalized spacial score (nSPS) is 20.4. The van der Waals surface area contributed by atoms with Crippen LogP contribution in [0.25, 0.3) is 27.5 Å². The molecule has 0 radical (unpaired) electrons. The second-order valence-electron chi connectivity index (χ2n) is 10.8. The number of carboxylic acid groups (broad SMARTS) is 1. The number of aromatic nitrogens is 3. The van der Waals surface area contributed by atoms with Crippen molar-refractivity contribution in [2.75, 3.05) is 0 Å². The number of H-pyrrole nitrogens is 1. The van der Waals surface area contributed by atoms with E-state index >= 15 is 4.39 Å². The fraction of sp³-hybridized carbons (Fsp3) is 0.393. The maximum atomic E-state index is 16.3. The van der Waals surface area contributed by atoms with E-state index in [1.807, 2.05) is 24.5 Å². The van der Waals surface area contributed by atoms with Crippen molar-refractivity contribution in [2.24, 2.45) is 0 Å². The third kappa shape index (κ3) is 3.87. The number of carboxylic acids is 1. The van der Waals surface area contributed by atoms with Crippen LogP contribution in [-0.2, 0) is 10.2 Å². The number of nitriles is 1. The summed E-state index contributed by atoms with van der Waals surface area (Å²) in [5.41, 5.74) is 0.746. The van der Waals surface area contributed by atoms with E-state index < -0.39 is 22.8 Å². The lowest BCUT2D eigenvalue weighted by Gasteiger charge is -2.35. The highest BCUT2D eigenvalue weighted by Crippen LogP contribution is 2.49. The van der Waals surface area contributed by atoms with Crippen molar-refractivity contribution >= 4 is 27.8 Å². The Balaban J connectivity index is 1.88. The number of benzene rings is 2. The molecule has 192 valence electrons. The number of nitrogens with one attached hydrogen (secondary N) is 1. The van der Waals surface area contributed by atoms with Gasteiger partial charge in [0.25, 0.3) is 0 Å². The van der Waals surface area contributed by atoms with Gasteiger partial charge in [0.2, 0.25) is 0 Å². The minimum absolute atomic E-state index is 0.0291. The molecule has 0 amide bonds. The summed E-state index contributed by atoms with van der Waals surface area (Å²) in [6, 6.07) is 8.80. The Hall–Kier alpha value is -3.77. The minimum atomic E-state index is -1.82. The summed E-state index contributed by atoms with van der Waals surface area (Å²) in [5, 5.41) is 37.5. The summed E-state index contributed by atoms with van der Waals surface area (Å²) in [6.07, 6.45) is 2.41. The molecule has 0 bridgehead atoms. The number of aromatic amines is 1. The molecule has 7 nitrogen and oxygen atoms in total. The molecule has 0 atom stereocenters. The minimum Gasteiger partial charge on any atom is -0.479 e. The first-order valence-electron chi connectivity index (χ1n) is 12.3. The molecule has 0 saturated heterocycles. The Kier molecular flexibility index (Phi) is 5.83. The van der Waals surface area contributed by atoms with E-state index in [-0.39, 0.29) is 36.5 Å². The van der Waals surface area contributed by atoms with Gasteiger partial charge in [0.15, 0.2) is 11.4 Å². The van der Waals surface area contributed by atoms with Crippen LogP contribution in [0.1, 0.15) is 68.7 Å². The molecule has 1 aliphatic carbocycles. The summed E-state index contributed by atoms with van der Waals surface area (Å²) in [6.45, 7) is 5.50. The molecule has 9 heteroatoms. The molecule has 0 spiro atoms. The maximum Gasteiger partial charge on any atom is 0.335 e. The van der Waals surface area contributed by atoms with E-state index in [1.165, 1.54) is 6.07 Å². The molecule has 1 fully saturated rings. The van der Waals surface area contributed by atoms with E-state index in [1.54, 1.807) is 25.3 Å². The fourth-order valence-corrected chi connectivity index (χ4v) is 5.81. The van der Waals surface area contributed by atoms with Crippen molar-refractivity contribution in [1.29, 1.82) is 5.26 Å². The van der Waals surface area contributed by atoms with Gasteiger partial charge in [0, 0.05) is 34.0 Å². The number of fused-ring (bicyclic) bond motifs is 2. The number of hydrogen-bond donors (Lipinski definition) is 3. The smallest absolute Gasteiger partial charge is 0.335 e. The van der Waals surface area contributed by atoms with Crippen molar-refractivity contribution in [3.63, 3.8) is 0 Å². The van der Waals surface area contributed by atoms with Gasteiger partial charge in [-0.05, 0) is 73.9 Å². The SMILES string of the molecule is Cc1cc(-n2c(C(C)(C)CC#N)c(C3CCC(O)(C(=O)O)CC3)c3c(F)c4[nH]ncc4cc32)ccc1F. The number of halogens is 2.